The molecule has 1 heterocycles. The van der Waals surface area contributed by atoms with Crippen molar-refractivity contribution in [1.29, 1.82) is 0 Å². The number of aromatic amines is 1. The third kappa shape index (κ3) is 1.76. The van der Waals surface area contributed by atoms with Gasteiger partial charge in [0.25, 0.3) is 0 Å². The van der Waals surface area contributed by atoms with Crippen LogP contribution in [0.5, 0.6) is 5.75 Å². The van der Waals surface area contributed by atoms with Crippen molar-refractivity contribution in [3.05, 3.63) is 30.2 Å². The highest BCUT2D eigenvalue weighted by Gasteiger charge is 2.09. The first kappa shape index (κ1) is 9.51. The highest BCUT2D eigenvalue weighted by atomic mass is 19.1. The Labute approximate surface area is 85.0 Å². The fraction of sp³-hybridized carbons (Fsp3) is 0.100. The van der Waals surface area contributed by atoms with Crippen molar-refractivity contribution < 1.29 is 13.9 Å². The van der Waals surface area contributed by atoms with E-state index >= 15 is 0 Å². The second-order valence-corrected chi connectivity index (χ2v) is 2.99. The minimum atomic E-state index is -0.691. The fourth-order valence-electron chi connectivity index (χ4n) is 1.28. The van der Waals surface area contributed by atoms with Crippen LogP contribution in [-0.4, -0.2) is 18.1 Å². The van der Waals surface area contributed by atoms with E-state index in [-0.39, 0.29) is 5.75 Å². The summed E-state index contributed by atoms with van der Waals surface area (Å²) in [7, 11) is 1.41. The van der Waals surface area contributed by atoms with E-state index in [2.05, 4.69) is 10.3 Å². The number of halogens is 1. The maximum atomic E-state index is 13.4. The van der Waals surface area contributed by atoms with Crippen molar-refractivity contribution in [2.75, 3.05) is 7.05 Å². The molecular formula is C10H9FN2O2. The second kappa shape index (κ2) is 3.61. The molecule has 0 aliphatic heterocycles. The first-order valence-corrected chi connectivity index (χ1v) is 4.37. The molecule has 4 nitrogen and oxygen atoms in total. The van der Waals surface area contributed by atoms with Crippen molar-refractivity contribution in [1.82, 2.24) is 10.3 Å². The normalized spacial score (nSPS) is 10.3. The summed E-state index contributed by atoms with van der Waals surface area (Å²) in [5.74, 6) is -0.657. The first-order valence-electron chi connectivity index (χ1n) is 4.37. The number of H-pyrrole nitrogens is 1. The number of nitrogens with one attached hydrogen (secondary N) is 2. The van der Waals surface area contributed by atoms with Crippen molar-refractivity contribution in [3.63, 3.8) is 0 Å². The zero-order chi connectivity index (χ0) is 10.8. The number of hydrogen-bond acceptors (Lipinski definition) is 2. The number of amides is 1. The van der Waals surface area contributed by atoms with Crippen molar-refractivity contribution in [2.24, 2.45) is 0 Å². The predicted molar refractivity (Wildman–Crippen MR) is 53.3 cm³/mol. The molecule has 2 aromatic rings. The molecule has 1 aromatic carbocycles. The number of hydrogen-bond donors (Lipinski definition) is 2. The maximum absolute atomic E-state index is 13.4. The van der Waals surface area contributed by atoms with E-state index < -0.39 is 11.9 Å². The van der Waals surface area contributed by atoms with Gasteiger partial charge in [-0.2, -0.15) is 0 Å². The third-order valence-corrected chi connectivity index (χ3v) is 2.01. The SMILES string of the molecule is CNC(=O)Oc1cc2cc[nH]c2cc1F. The van der Waals surface area contributed by atoms with Gasteiger partial charge in [-0.05, 0) is 12.1 Å². The van der Waals surface area contributed by atoms with Crippen LogP contribution < -0.4 is 10.1 Å². The Morgan fingerprint density at radius 3 is 3.07 bits per heavy atom. The molecule has 78 valence electrons. The molecule has 0 aliphatic rings. The first-order chi connectivity index (χ1) is 7.20. The molecule has 0 saturated heterocycles. The molecule has 2 rings (SSSR count). The molecule has 0 unspecified atom stereocenters. The van der Waals surface area contributed by atoms with Crippen LogP contribution in [0.3, 0.4) is 0 Å². The number of carbonyl (C=O) groups is 1. The molecule has 1 amide bonds. The molecule has 1 aromatic heterocycles. The van der Waals surface area contributed by atoms with Gasteiger partial charge in [-0.3, -0.25) is 0 Å². The van der Waals surface area contributed by atoms with E-state index in [1.54, 1.807) is 12.3 Å². The summed E-state index contributed by atoms with van der Waals surface area (Å²) in [5, 5.41) is 3.03. The Kier molecular flexibility index (Phi) is 2.29. The van der Waals surface area contributed by atoms with Crippen LogP contribution in [0, 0.1) is 5.82 Å². The van der Waals surface area contributed by atoms with Gasteiger partial charge in [0.1, 0.15) is 0 Å². The van der Waals surface area contributed by atoms with Gasteiger partial charge in [-0.1, -0.05) is 0 Å². The van der Waals surface area contributed by atoms with Gasteiger partial charge >= 0.3 is 6.09 Å². The van der Waals surface area contributed by atoms with Crippen LogP contribution in [0.25, 0.3) is 10.9 Å². The average molecular weight is 208 g/mol. The molecule has 0 aliphatic carbocycles. The molecule has 2 N–H and O–H groups in total. The van der Waals surface area contributed by atoms with Gasteiger partial charge in [-0.15, -0.1) is 0 Å². The van der Waals surface area contributed by atoms with Crippen LogP contribution in [-0.2, 0) is 0 Å². The van der Waals surface area contributed by atoms with Crippen molar-refractivity contribution >= 4 is 17.0 Å². The Hall–Kier alpha value is -2.04. The highest BCUT2D eigenvalue weighted by molar-refractivity contribution is 5.82. The number of carbonyl (C=O) groups excluding carboxylic acids is 1. The summed E-state index contributed by atoms with van der Waals surface area (Å²) < 4.78 is 18.1. The summed E-state index contributed by atoms with van der Waals surface area (Å²) in [5.41, 5.74) is 0.664. The van der Waals surface area contributed by atoms with Gasteiger partial charge in [0, 0.05) is 30.2 Å². The standard InChI is InChI=1S/C10H9FN2O2/c1-12-10(14)15-9-4-6-2-3-13-8(6)5-7(9)11/h2-5,13H,1H3,(H,12,14). The number of benzene rings is 1. The lowest BCUT2D eigenvalue weighted by Gasteiger charge is -2.04. The van der Waals surface area contributed by atoms with E-state index in [1.165, 1.54) is 19.2 Å². The topological polar surface area (TPSA) is 54.1 Å². The van der Waals surface area contributed by atoms with E-state index in [1.807, 2.05) is 0 Å². The Balaban J connectivity index is 2.41. The van der Waals surface area contributed by atoms with E-state index in [9.17, 15) is 9.18 Å². The van der Waals surface area contributed by atoms with Crippen LogP contribution in [0.15, 0.2) is 24.4 Å². The summed E-state index contributed by atoms with van der Waals surface area (Å²) in [6.07, 6.45) is 0.997. The number of aromatic nitrogens is 1. The fourth-order valence-corrected chi connectivity index (χ4v) is 1.28. The molecule has 5 heteroatoms. The Morgan fingerprint density at radius 1 is 1.53 bits per heavy atom. The summed E-state index contributed by atoms with van der Waals surface area (Å²) in [6.45, 7) is 0. The molecule has 0 bridgehead atoms. The molecule has 0 fully saturated rings. The van der Waals surface area contributed by atoms with Crippen molar-refractivity contribution in [3.8, 4) is 5.75 Å². The van der Waals surface area contributed by atoms with Crippen LogP contribution in [0.1, 0.15) is 0 Å². The lowest BCUT2D eigenvalue weighted by molar-refractivity contribution is 0.201. The smallest absolute Gasteiger partial charge is 0.407 e. The molecule has 0 spiro atoms. The second-order valence-electron chi connectivity index (χ2n) is 2.99. The third-order valence-electron chi connectivity index (χ3n) is 2.01. The summed E-state index contributed by atoms with van der Waals surface area (Å²) in [6, 6.07) is 4.52. The number of ether oxygens (including phenoxy) is 1. The largest absolute Gasteiger partial charge is 0.412 e. The van der Waals surface area contributed by atoms with Crippen LogP contribution >= 0.6 is 0 Å². The summed E-state index contributed by atoms with van der Waals surface area (Å²) >= 11 is 0. The predicted octanol–water partition coefficient (Wildman–Crippen LogP) is 2.03. The molecule has 0 atom stereocenters. The van der Waals surface area contributed by atoms with Gasteiger partial charge in [-0.25, -0.2) is 9.18 Å². The zero-order valence-corrected chi connectivity index (χ0v) is 8.00. The van der Waals surface area contributed by atoms with Gasteiger partial charge in [0.05, 0.1) is 0 Å². The lowest BCUT2D eigenvalue weighted by Crippen LogP contribution is -2.22. The minimum Gasteiger partial charge on any atom is -0.407 e. The van der Waals surface area contributed by atoms with Crippen LogP contribution in [0.2, 0.25) is 0 Å². The number of fused-ring (bicyclic) bond motifs is 1. The molecule has 15 heavy (non-hydrogen) atoms. The molecular weight excluding hydrogens is 199 g/mol. The Bertz CT molecular complexity index is 507. The van der Waals surface area contributed by atoms with E-state index in [0.717, 1.165) is 5.39 Å². The van der Waals surface area contributed by atoms with E-state index in [0.29, 0.717) is 5.52 Å². The van der Waals surface area contributed by atoms with Gasteiger partial charge in [0.15, 0.2) is 11.6 Å². The van der Waals surface area contributed by atoms with E-state index in [4.69, 9.17) is 4.74 Å². The lowest BCUT2D eigenvalue weighted by atomic mass is 10.2. The van der Waals surface area contributed by atoms with Gasteiger partial charge in [0.2, 0.25) is 0 Å². The zero-order valence-electron chi connectivity index (χ0n) is 8.00. The summed E-state index contributed by atoms with van der Waals surface area (Å²) in [4.78, 5) is 13.8. The number of rotatable bonds is 1. The quantitative estimate of drug-likeness (QED) is 0.753. The molecule has 0 radical (unpaired) electrons. The monoisotopic (exact) mass is 208 g/mol. The molecule has 0 saturated carbocycles. The maximum Gasteiger partial charge on any atom is 0.412 e. The minimum absolute atomic E-state index is 0.0820. The van der Waals surface area contributed by atoms with Gasteiger partial charge < -0.3 is 15.0 Å². The Morgan fingerprint density at radius 2 is 2.33 bits per heavy atom. The van der Waals surface area contributed by atoms with Crippen LogP contribution in [0.4, 0.5) is 9.18 Å². The van der Waals surface area contributed by atoms with Crippen molar-refractivity contribution in [2.45, 2.75) is 0 Å². The highest BCUT2D eigenvalue weighted by Crippen LogP contribution is 2.23. The average Bonchev–Trinajstić information content (AvgIpc) is 2.65.